The molecular weight excluding hydrogens is 272 g/mol. The summed E-state index contributed by atoms with van der Waals surface area (Å²) < 4.78 is 5.64. The number of hydrogen-bond acceptors (Lipinski definition) is 4. The van der Waals surface area contributed by atoms with Crippen LogP contribution in [-0.2, 0) is 4.74 Å². The van der Waals surface area contributed by atoms with Gasteiger partial charge >= 0.3 is 0 Å². The highest BCUT2D eigenvalue weighted by atomic mass is 32.1. The van der Waals surface area contributed by atoms with Gasteiger partial charge in [-0.05, 0) is 31.2 Å². The SMILES string of the molecule is CCOC1CCCN(C(=O)c2sccc2C#CCN)C1. The van der Waals surface area contributed by atoms with Crippen LogP contribution in [0.3, 0.4) is 0 Å². The van der Waals surface area contributed by atoms with E-state index >= 15 is 0 Å². The van der Waals surface area contributed by atoms with Crippen molar-refractivity contribution in [1.82, 2.24) is 4.90 Å². The van der Waals surface area contributed by atoms with Gasteiger partial charge in [-0.3, -0.25) is 4.79 Å². The molecule has 2 N–H and O–H groups in total. The topological polar surface area (TPSA) is 55.6 Å². The van der Waals surface area contributed by atoms with Crippen LogP contribution in [0.4, 0.5) is 0 Å². The van der Waals surface area contributed by atoms with Crippen LogP contribution in [0.25, 0.3) is 0 Å². The largest absolute Gasteiger partial charge is 0.377 e. The molecule has 1 aromatic rings. The van der Waals surface area contributed by atoms with Crippen molar-refractivity contribution in [2.24, 2.45) is 5.73 Å². The molecule has 1 aromatic heterocycles. The van der Waals surface area contributed by atoms with E-state index in [0.29, 0.717) is 24.6 Å². The van der Waals surface area contributed by atoms with Gasteiger partial charge in [-0.2, -0.15) is 0 Å². The van der Waals surface area contributed by atoms with Gasteiger partial charge in [0.2, 0.25) is 0 Å². The quantitative estimate of drug-likeness (QED) is 0.863. The summed E-state index contributed by atoms with van der Waals surface area (Å²) in [7, 11) is 0. The minimum absolute atomic E-state index is 0.0609. The lowest BCUT2D eigenvalue weighted by molar-refractivity contribution is 0.00741. The standard InChI is InChI=1S/C15H20N2O2S/c1-2-19-13-6-4-9-17(11-13)15(18)14-12(5-3-8-16)7-10-20-14/h7,10,13H,2,4,6,8-9,11,16H2,1H3. The van der Waals surface area contributed by atoms with Crippen LogP contribution in [0.5, 0.6) is 0 Å². The van der Waals surface area contributed by atoms with E-state index in [1.54, 1.807) is 0 Å². The number of carbonyl (C=O) groups is 1. The van der Waals surface area contributed by atoms with Crippen molar-refractivity contribution in [1.29, 1.82) is 0 Å². The van der Waals surface area contributed by atoms with Gasteiger partial charge in [0.15, 0.2) is 0 Å². The molecule has 0 aliphatic carbocycles. The van der Waals surface area contributed by atoms with Gasteiger partial charge in [-0.1, -0.05) is 11.8 Å². The Morgan fingerprint density at radius 2 is 2.50 bits per heavy atom. The number of nitrogens with zero attached hydrogens (tertiary/aromatic N) is 1. The zero-order valence-electron chi connectivity index (χ0n) is 11.7. The van der Waals surface area contributed by atoms with Gasteiger partial charge in [0.1, 0.15) is 4.88 Å². The third kappa shape index (κ3) is 3.60. The van der Waals surface area contributed by atoms with Gasteiger partial charge in [-0.15, -0.1) is 11.3 Å². The van der Waals surface area contributed by atoms with E-state index in [4.69, 9.17) is 10.5 Å². The lowest BCUT2D eigenvalue weighted by Gasteiger charge is -2.32. The molecule has 108 valence electrons. The molecule has 1 atom stereocenters. The Morgan fingerprint density at radius 1 is 1.65 bits per heavy atom. The maximum atomic E-state index is 12.6. The Morgan fingerprint density at radius 3 is 3.25 bits per heavy atom. The molecule has 0 saturated carbocycles. The normalized spacial score (nSPS) is 18.5. The van der Waals surface area contributed by atoms with E-state index in [1.807, 2.05) is 23.3 Å². The monoisotopic (exact) mass is 292 g/mol. The lowest BCUT2D eigenvalue weighted by Crippen LogP contribution is -2.43. The molecule has 2 heterocycles. The van der Waals surface area contributed by atoms with E-state index in [2.05, 4.69) is 11.8 Å². The van der Waals surface area contributed by atoms with Crippen molar-refractivity contribution in [3.05, 3.63) is 21.9 Å². The van der Waals surface area contributed by atoms with E-state index < -0.39 is 0 Å². The second kappa shape index (κ2) is 7.44. The highest BCUT2D eigenvalue weighted by Gasteiger charge is 2.26. The molecule has 2 rings (SSSR count). The fraction of sp³-hybridized carbons (Fsp3) is 0.533. The zero-order chi connectivity index (χ0) is 14.4. The molecule has 20 heavy (non-hydrogen) atoms. The Kier molecular flexibility index (Phi) is 5.60. The smallest absolute Gasteiger partial charge is 0.265 e. The summed E-state index contributed by atoms with van der Waals surface area (Å²) in [6.07, 6.45) is 2.18. The van der Waals surface area contributed by atoms with Crippen molar-refractivity contribution < 1.29 is 9.53 Å². The van der Waals surface area contributed by atoms with E-state index in [0.717, 1.165) is 24.9 Å². The molecule has 1 aliphatic heterocycles. The highest BCUT2D eigenvalue weighted by Crippen LogP contribution is 2.21. The summed E-state index contributed by atoms with van der Waals surface area (Å²) in [5.74, 6) is 5.83. The first-order valence-electron chi connectivity index (χ1n) is 6.93. The average Bonchev–Trinajstić information content (AvgIpc) is 2.93. The summed E-state index contributed by atoms with van der Waals surface area (Å²) in [6, 6.07) is 1.88. The molecule has 1 amide bonds. The average molecular weight is 292 g/mol. The molecular formula is C15H20N2O2S. The number of piperidine rings is 1. The van der Waals surface area contributed by atoms with Crippen LogP contribution >= 0.6 is 11.3 Å². The van der Waals surface area contributed by atoms with Crippen molar-refractivity contribution in [3.63, 3.8) is 0 Å². The van der Waals surface area contributed by atoms with Gasteiger partial charge < -0.3 is 15.4 Å². The molecule has 0 aromatic carbocycles. The summed E-state index contributed by atoms with van der Waals surface area (Å²) in [5, 5.41) is 1.90. The minimum atomic E-state index is 0.0609. The maximum Gasteiger partial charge on any atom is 0.265 e. The summed E-state index contributed by atoms with van der Waals surface area (Å²) in [5.41, 5.74) is 6.16. The maximum absolute atomic E-state index is 12.6. The molecule has 0 spiro atoms. The van der Waals surface area contributed by atoms with Crippen LogP contribution in [0.15, 0.2) is 11.4 Å². The van der Waals surface area contributed by atoms with Gasteiger partial charge in [0, 0.05) is 25.3 Å². The number of carbonyl (C=O) groups excluding carboxylic acids is 1. The molecule has 1 aliphatic rings. The van der Waals surface area contributed by atoms with Crippen molar-refractivity contribution in [3.8, 4) is 11.8 Å². The first kappa shape index (κ1) is 15.0. The number of rotatable bonds is 3. The first-order valence-corrected chi connectivity index (χ1v) is 7.81. The predicted octanol–water partition coefficient (Wildman–Crippen LogP) is 1.70. The molecule has 0 bridgehead atoms. The second-order valence-corrected chi connectivity index (χ2v) is 5.56. The fourth-order valence-corrected chi connectivity index (χ4v) is 3.17. The Hall–Kier alpha value is -1.35. The van der Waals surface area contributed by atoms with E-state index in [1.165, 1.54) is 11.3 Å². The van der Waals surface area contributed by atoms with E-state index in [-0.39, 0.29) is 12.0 Å². The van der Waals surface area contributed by atoms with Crippen molar-refractivity contribution in [2.75, 3.05) is 26.2 Å². The summed E-state index contributed by atoms with van der Waals surface area (Å²) in [6.45, 7) is 4.46. The van der Waals surface area contributed by atoms with Gasteiger partial charge in [0.05, 0.1) is 12.6 Å². The number of ether oxygens (including phenoxy) is 1. The van der Waals surface area contributed by atoms with Crippen LogP contribution in [0, 0.1) is 11.8 Å². The Bertz CT molecular complexity index is 513. The molecule has 4 nitrogen and oxygen atoms in total. The van der Waals surface area contributed by atoms with Crippen LogP contribution in [0.2, 0.25) is 0 Å². The third-order valence-corrected chi connectivity index (χ3v) is 4.15. The number of amides is 1. The van der Waals surface area contributed by atoms with Crippen molar-refractivity contribution >= 4 is 17.2 Å². The van der Waals surface area contributed by atoms with Crippen LogP contribution in [0.1, 0.15) is 35.0 Å². The Labute approximate surface area is 123 Å². The second-order valence-electron chi connectivity index (χ2n) is 4.64. The van der Waals surface area contributed by atoms with Gasteiger partial charge in [0.25, 0.3) is 5.91 Å². The van der Waals surface area contributed by atoms with Crippen molar-refractivity contribution in [2.45, 2.75) is 25.9 Å². The summed E-state index contributed by atoms with van der Waals surface area (Å²) in [4.78, 5) is 15.2. The summed E-state index contributed by atoms with van der Waals surface area (Å²) >= 11 is 1.44. The molecule has 1 unspecified atom stereocenters. The Balaban J connectivity index is 2.09. The molecule has 1 saturated heterocycles. The number of hydrogen-bond donors (Lipinski definition) is 1. The van der Waals surface area contributed by atoms with Crippen LogP contribution < -0.4 is 5.73 Å². The minimum Gasteiger partial charge on any atom is -0.377 e. The number of thiophene rings is 1. The van der Waals surface area contributed by atoms with Crippen LogP contribution in [-0.4, -0.2) is 43.2 Å². The lowest BCUT2D eigenvalue weighted by atomic mass is 10.1. The molecule has 5 heteroatoms. The third-order valence-electron chi connectivity index (χ3n) is 3.25. The fourth-order valence-electron chi connectivity index (χ4n) is 2.36. The number of nitrogens with two attached hydrogens (primary N) is 1. The molecule has 1 fully saturated rings. The number of likely N-dealkylation sites (tertiary alicyclic amines) is 1. The highest BCUT2D eigenvalue weighted by molar-refractivity contribution is 7.12. The van der Waals surface area contributed by atoms with Gasteiger partial charge in [-0.25, -0.2) is 0 Å². The zero-order valence-corrected chi connectivity index (χ0v) is 12.5. The molecule has 0 radical (unpaired) electrons. The van der Waals surface area contributed by atoms with E-state index in [9.17, 15) is 4.79 Å². The first-order chi connectivity index (χ1) is 9.76. The predicted molar refractivity (Wildman–Crippen MR) is 80.8 cm³/mol.